The van der Waals surface area contributed by atoms with E-state index in [2.05, 4.69) is 5.32 Å². The third kappa shape index (κ3) is 4.70. The largest absolute Gasteiger partial charge is 0.480 e. The highest BCUT2D eigenvalue weighted by molar-refractivity contribution is 7.98. The quantitative estimate of drug-likeness (QED) is 0.755. The number of thioether (sulfide) groups is 1. The molecule has 1 atom stereocenters. The van der Waals surface area contributed by atoms with Crippen LogP contribution in [0, 0.1) is 0 Å². The molecule has 0 aliphatic carbocycles. The number of nitrogens with one attached hydrogen (secondary N) is 1. The summed E-state index contributed by atoms with van der Waals surface area (Å²) in [4.78, 5) is 24.1. The van der Waals surface area contributed by atoms with Gasteiger partial charge in [0.2, 0.25) is 0 Å². The van der Waals surface area contributed by atoms with Gasteiger partial charge < -0.3 is 15.2 Å². The Labute approximate surface area is 126 Å². The first kappa shape index (κ1) is 16.8. The molecule has 1 unspecified atom stereocenters. The Hall–Kier alpha value is -1.24. The number of carboxylic acid groups (broad SMARTS) is 1. The Morgan fingerprint density at radius 1 is 1.50 bits per heavy atom. The molecule has 110 valence electrons. The van der Waals surface area contributed by atoms with Gasteiger partial charge in [0.05, 0.1) is 10.6 Å². The maximum absolute atomic E-state index is 12.1. The Bertz CT molecular complexity index is 495. The van der Waals surface area contributed by atoms with Gasteiger partial charge in [0.15, 0.2) is 0 Å². The predicted molar refractivity (Wildman–Crippen MR) is 78.6 cm³/mol. The fraction of sp³-hybridized carbons (Fsp3) is 0.385. The van der Waals surface area contributed by atoms with Crippen molar-refractivity contribution in [2.75, 3.05) is 20.0 Å². The molecule has 1 aromatic carbocycles. The van der Waals surface area contributed by atoms with E-state index in [9.17, 15) is 9.59 Å². The maximum atomic E-state index is 12.1. The van der Waals surface area contributed by atoms with Crippen LogP contribution in [0.2, 0.25) is 5.02 Å². The molecule has 0 aliphatic heterocycles. The zero-order chi connectivity index (χ0) is 15.1. The zero-order valence-corrected chi connectivity index (χ0v) is 12.8. The summed E-state index contributed by atoms with van der Waals surface area (Å²) in [6.07, 6.45) is 2.07. The molecule has 2 N–H and O–H groups in total. The highest BCUT2D eigenvalue weighted by atomic mass is 35.5. The van der Waals surface area contributed by atoms with Crippen molar-refractivity contribution >= 4 is 35.2 Å². The predicted octanol–water partition coefficient (Wildman–Crippen LogP) is 2.28. The van der Waals surface area contributed by atoms with Crippen LogP contribution in [0.1, 0.15) is 16.8 Å². The van der Waals surface area contributed by atoms with Gasteiger partial charge in [-0.15, -0.1) is 11.8 Å². The van der Waals surface area contributed by atoms with Crippen molar-refractivity contribution in [3.8, 4) is 0 Å². The van der Waals surface area contributed by atoms with Crippen molar-refractivity contribution in [2.45, 2.75) is 17.4 Å². The van der Waals surface area contributed by atoms with E-state index in [0.717, 1.165) is 4.90 Å². The first-order chi connectivity index (χ1) is 9.49. The van der Waals surface area contributed by atoms with Gasteiger partial charge in [-0.25, -0.2) is 4.79 Å². The second-order valence-electron chi connectivity index (χ2n) is 3.99. The van der Waals surface area contributed by atoms with Gasteiger partial charge in [-0.2, -0.15) is 0 Å². The molecule has 7 heteroatoms. The number of aliphatic carboxylic acids is 1. The van der Waals surface area contributed by atoms with Crippen LogP contribution in [-0.4, -0.2) is 43.0 Å². The fourth-order valence-electron chi connectivity index (χ4n) is 1.53. The van der Waals surface area contributed by atoms with Crippen LogP contribution in [0.25, 0.3) is 0 Å². The number of hydrogen-bond donors (Lipinski definition) is 2. The molecule has 0 saturated carbocycles. The summed E-state index contributed by atoms with van der Waals surface area (Å²) in [7, 11) is 1.47. The summed E-state index contributed by atoms with van der Waals surface area (Å²) in [5.74, 6) is -1.61. The number of ether oxygens (including phenoxy) is 1. The molecule has 0 bridgehead atoms. The van der Waals surface area contributed by atoms with E-state index in [1.807, 2.05) is 6.26 Å². The van der Waals surface area contributed by atoms with E-state index in [1.165, 1.54) is 18.9 Å². The van der Waals surface area contributed by atoms with E-state index in [0.29, 0.717) is 0 Å². The second kappa shape index (κ2) is 8.14. The first-order valence-electron chi connectivity index (χ1n) is 5.85. The highest BCUT2D eigenvalue weighted by Gasteiger charge is 2.21. The normalized spacial score (nSPS) is 11.9. The number of carboxylic acids is 1. The lowest BCUT2D eigenvalue weighted by atomic mass is 10.1. The van der Waals surface area contributed by atoms with Crippen molar-refractivity contribution in [2.24, 2.45) is 0 Å². The molecule has 1 rings (SSSR count). The zero-order valence-electron chi connectivity index (χ0n) is 11.2. The van der Waals surface area contributed by atoms with E-state index in [-0.39, 0.29) is 23.6 Å². The summed E-state index contributed by atoms with van der Waals surface area (Å²) < 4.78 is 4.83. The molecular formula is C13H16ClNO4S. The molecule has 1 amide bonds. The molecule has 0 saturated heterocycles. The standard InChI is InChI=1S/C13H16ClNO4S/c1-19-6-5-11(13(17)18)15-12(16)9-7-8(20-2)3-4-10(9)14/h3-4,7,11H,5-6H2,1-2H3,(H,15,16)(H,17,18). The summed E-state index contributed by atoms with van der Waals surface area (Å²) in [5, 5.41) is 11.8. The molecule has 0 heterocycles. The van der Waals surface area contributed by atoms with Crippen LogP contribution >= 0.6 is 23.4 Å². The Morgan fingerprint density at radius 3 is 2.75 bits per heavy atom. The topological polar surface area (TPSA) is 75.6 Å². The maximum Gasteiger partial charge on any atom is 0.326 e. The van der Waals surface area contributed by atoms with Gasteiger partial charge in [-0.3, -0.25) is 4.79 Å². The van der Waals surface area contributed by atoms with Crippen LogP contribution in [0.3, 0.4) is 0 Å². The first-order valence-corrected chi connectivity index (χ1v) is 7.46. The number of halogens is 1. The Kier molecular flexibility index (Phi) is 6.84. The van der Waals surface area contributed by atoms with Crippen LogP contribution in [0.4, 0.5) is 0 Å². The molecule has 1 aromatic rings. The van der Waals surface area contributed by atoms with Gasteiger partial charge in [-0.1, -0.05) is 11.6 Å². The monoisotopic (exact) mass is 317 g/mol. The number of methoxy groups -OCH3 is 1. The molecule has 0 fully saturated rings. The summed E-state index contributed by atoms with van der Waals surface area (Å²) in [5.41, 5.74) is 0.266. The van der Waals surface area contributed by atoms with E-state index < -0.39 is 17.9 Å². The SMILES string of the molecule is COCCC(NC(=O)c1cc(SC)ccc1Cl)C(=O)O. The highest BCUT2D eigenvalue weighted by Crippen LogP contribution is 2.23. The van der Waals surface area contributed by atoms with Crippen molar-refractivity contribution < 1.29 is 19.4 Å². The van der Waals surface area contributed by atoms with E-state index >= 15 is 0 Å². The van der Waals surface area contributed by atoms with Crippen molar-refractivity contribution in [1.29, 1.82) is 0 Å². The van der Waals surface area contributed by atoms with Gasteiger partial charge in [0, 0.05) is 25.0 Å². The van der Waals surface area contributed by atoms with Crippen LogP contribution < -0.4 is 5.32 Å². The van der Waals surface area contributed by atoms with Gasteiger partial charge in [-0.05, 0) is 24.5 Å². The molecular weight excluding hydrogens is 302 g/mol. The van der Waals surface area contributed by atoms with Crippen molar-refractivity contribution in [1.82, 2.24) is 5.32 Å². The smallest absolute Gasteiger partial charge is 0.326 e. The molecule has 0 aliphatic rings. The minimum atomic E-state index is -1.10. The molecule has 20 heavy (non-hydrogen) atoms. The number of rotatable bonds is 7. The lowest BCUT2D eigenvalue weighted by Crippen LogP contribution is -2.41. The number of carbonyl (C=O) groups excluding carboxylic acids is 1. The minimum Gasteiger partial charge on any atom is -0.480 e. The Balaban J connectivity index is 2.85. The molecule has 0 aromatic heterocycles. The summed E-state index contributed by atoms with van der Waals surface area (Å²) in [6, 6.07) is 4.05. The number of benzene rings is 1. The Morgan fingerprint density at radius 2 is 2.20 bits per heavy atom. The lowest BCUT2D eigenvalue weighted by molar-refractivity contribution is -0.139. The van der Waals surface area contributed by atoms with Crippen molar-refractivity contribution in [3.05, 3.63) is 28.8 Å². The lowest BCUT2D eigenvalue weighted by Gasteiger charge is -2.15. The third-order valence-corrected chi connectivity index (χ3v) is 3.69. The summed E-state index contributed by atoms with van der Waals surface area (Å²) >= 11 is 7.45. The second-order valence-corrected chi connectivity index (χ2v) is 5.28. The van der Waals surface area contributed by atoms with Gasteiger partial charge >= 0.3 is 5.97 Å². The van der Waals surface area contributed by atoms with Crippen molar-refractivity contribution in [3.63, 3.8) is 0 Å². The third-order valence-electron chi connectivity index (χ3n) is 2.63. The van der Waals surface area contributed by atoms with Crippen LogP contribution in [-0.2, 0) is 9.53 Å². The number of carbonyl (C=O) groups is 2. The minimum absolute atomic E-state index is 0.192. The van der Waals surface area contributed by atoms with Crippen LogP contribution in [0.15, 0.2) is 23.1 Å². The fourth-order valence-corrected chi connectivity index (χ4v) is 2.18. The average Bonchev–Trinajstić information content (AvgIpc) is 2.43. The van der Waals surface area contributed by atoms with Crippen LogP contribution in [0.5, 0.6) is 0 Å². The molecule has 0 spiro atoms. The van der Waals surface area contributed by atoms with E-state index in [4.69, 9.17) is 21.4 Å². The van der Waals surface area contributed by atoms with Gasteiger partial charge in [0.1, 0.15) is 6.04 Å². The number of hydrogen-bond acceptors (Lipinski definition) is 4. The van der Waals surface area contributed by atoms with E-state index in [1.54, 1.807) is 18.2 Å². The molecule has 0 radical (unpaired) electrons. The molecule has 5 nitrogen and oxygen atoms in total. The summed E-state index contributed by atoms with van der Waals surface area (Å²) in [6.45, 7) is 0.246. The number of amides is 1. The average molecular weight is 318 g/mol. The van der Waals surface area contributed by atoms with Gasteiger partial charge in [0.25, 0.3) is 5.91 Å².